The number of rotatable bonds is 1. The van der Waals surface area contributed by atoms with Gasteiger partial charge in [-0.05, 0) is 85.3 Å². The average Bonchev–Trinajstić information content (AvgIpc) is 2.40. The van der Waals surface area contributed by atoms with Gasteiger partial charge in [0.15, 0.2) is 0 Å². The predicted octanol–water partition coefficient (Wildman–Crippen LogP) is 4.33. The molecule has 0 amide bonds. The molecule has 0 aliphatic carbocycles. The molecule has 0 aromatic heterocycles. The minimum absolute atomic E-state index is 0.688. The van der Waals surface area contributed by atoms with Crippen molar-refractivity contribution in [3.8, 4) is 23.3 Å². The van der Waals surface area contributed by atoms with Crippen molar-refractivity contribution in [1.29, 1.82) is 10.5 Å². The number of nitrogens with zero attached hydrogens (tertiary/aromatic N) is 2. The number of aryl methyl sites for hydroxylation is 4. The molecule has 0 bridgehead atoms. The Kier molecular flexibility index (Phi) is 3.59. The second-order valence-electron chi connectivity index (χ2n) is 5.19. The molecule has 2 aromatic carbocycles. The van der Waals surface area contributed by atoms with Gasteiger partial charge >= 0.3 is 0 Å². The fourth-order valence-electron chi connectivity index (χ4n) is 2.84. The van der Waals surface area contributed by atoms with Gasteiger partial charge in [0, 0.05) is 0 Å². The van der Waals surface area contributed by atoms with E-state index in [9.17, 15) is 0 Å². The maximum atomic E-state index is 9.04. The Morgan fingerprint density at radius 3 is 1.05 bits per heavy atom. The van der Waals surface area contributed by atoms with Crippen LogP contribution >= 0.6 is 0 Å². The van der Waals surface area contributed by atoms with Crippen LogP contribution in [0.2, 0.25) is 0 Å². The smallest absolute Gasteiger partial charge is 0.0991 e. The predicted molar refractivity (Wildman–Crippen MR) is 80.3 cm³/mol. The molecule has 0 saturated heterocycles. The highest BCUT2D eigenvalue weighted by Gasteiger charge is 2.13. The summed E-state index contributed by atoms with van der Waals surface area (Å²) in [5, 5.41) is 18.1. The molecule has 2 rings (SSSR count). The standard InChI is InChI=1S/C18H16N2/c1-11-5-15(9-19)6-12(2)17(11)18-13(3)7-16(10-20)8-14(18)4/h5-8H,1-4H3. The topological polar surface area (TPSA) is 47.6 Å². The van der Waals surface area contributed by atoms with E-state index in [-0.39, 0.29) is 0 Å². The molecule has 0 fully saturated rings. The molecule has 0 saturated carbocycles. The molecule has 0 N–H and O–H groups in total. The third-order valence-electron chi connectivity index (χ3n) is 3.57. The zero-order valence-electron chi connectivity index (χ0n) is 12.2. The number of nitriles is 2. The summed E-state index contributed by atoms with van der Waals surface area (Å²) in [7, 11) is 0. The molecule has 2 nitrogen and oxygen atoms in total. The van der Waals surface area contributed by atoms with Crippen LogP contribution in [0.4, 0.5) is 0 Å². The Hall–Kier alpha value is -2.58. The first-order valence-corrected chi connectivity index (χ1v) is 6.51. The van der Waals surface area contributed by atoms with E-state index in [0.29, 0.717) is 11.1 Å². The Bertz CT molecular complexity index is 657. The highest BCUT2D eigenvalue weighted by Crippen LogP contribution is 2.34. The Labute approximate surface area is 119 Å². The van der Waals surface area contributed by atoms with Gasteiger partial charge in [-0.15, -0.1) is 0 Å². The third kappa shape index (κ3) is 2.29. The van der Waals surface area contributed by atoms with Crippen LogP contribution in [0.25, 0.3) is 11.1 Å². The number of hydrogen-bond acceptors (Lipinski definition) is 2. The van der Waals surface area contributed by atoms with Gasteiger partial charge < -0.3 is 0 Å². The zero-order chi connectivity index (χ0) is 14.9. The van der Waals surface area contributed by atoms with Crippen molar-refractivity contribution in [3.05, 3.63) is 57.6 Å². The van der Waals surface area contributed by atoms with Gasteiger partial charge in [0.1, 0.15) is 0 Å². The summed E-state index contributed by atoms with van der Waals surface area (Å²) in [6.45, 7) is 8.11. The van der Waals surface area contributed by atoms with Gasteiger partial charge in [-0.2, -0.15) is 10.5 Å². The van der Waals surface area contributed by atoms with Crippen LogP contribution in [-0.4, -0.2) is 0 Å². The van der Waals surface area contributed by atoms with Gasteiger partial charge in [-0.3, -0.25) is 0 Å². The quantitative estimate of drug-likeness (QED) is 0.766. The monoisotopic (exact) mass is 260 g/mol. The van der Waals surface area contributed by atoms with Gasteiger partial charge in [0.2, 0.25) is 0 Å². The van der Waals surface area contributed by atoms with Crippen molar-refractivity contribution in [3.63, 3.8) is 0 Å². The highest BCUT2D eigenvalue weighted by molar-refractivity contribution is 5.78. The Morgan fingerprint density at radius 2 is 0.850 bits per heavy atom. The average molecular weight is 260 g/mol. The molecule has 98 valence electrons. The molecule has 0 aliphatic heterocycles. The second-order valence-corrected chi connectivity index (χ2v) is 5.19. The van der Waals surface area contributed by atoms with Gasteiger partial charge in [-0.1, -0.05) is 0 Å². The molecular formula is C18H16N2. The van der Waals surface area contributed by atoms with E-state index < -0.39 is 0 Å². The van der Waals surface area contributed by atoms with Gasteiger partial charge in [0.25, 0.3) is 0 Å². The lowest BCUT2D eigenvalue weighted by Gasteiger charge is -2.16. The molecule has 2 aromatic rings. The minimum Gasteiger partial charge on any atom is -0.192 e. The fraction of sp³-hybridized carbons (Fsp3) is 0.222. The van der Waals surface area contributed by atoms with E-state index in [4.69, 9.17) is 10.5 Å². The SMILES string of the molecule is Cc1cc(C#N)cc(C)c1-c1c(C)cc(C#N)cc1C. The fourth-order valence-corrected chi connectivity index (χ4v) is 2.84. The first-order valence-electron chi connectivity index (χ1n) is 6.51. The van der Waals surface area contributed by atoms with Crippen LogP contribution in [0, 0.1) is 50.4 Å². The molecule has 0 spiro atoms. The molecule has 20 heavy (non-hydrogen) atoms. The zero-order valence-corrected chi connectivity index (χ0v) is 12.2. The van der Waals surface area contributed by atoms with Crippen molar-refractivity contribution in [1.82, 2.24) is 0 Å². The highest BCUT2D eigenvalue weighted by atomic mass is 14.3. The summed E-state index contributed by atoms with van der Waals surface area (Å²) in [6.07, 6.45) is 0. The molecule has 0 atom stereocenters. The lowest BCUT2D eigenvalue weighted by Crippen LogP contribution is -1.96. The summed E-state index contributed by atoms with van der Waals surface area (Å²) in [5.74, 6) is 0. The lowest BCUT2D eigenvalue weighted by atomic mass is 9.87. The van der Waals surface area contributed by atoms with Crippen LogP contribution in [-0.2, 0) is 0 Å². The molecular weight excluding hydrogens is 244 g/mol. The van der Waals surface area contributed by atoms with Crippen LogP contribution in [0.3, 0.4) is 0 Å². The summed E-state index contributed by atoms with van der Waals surface area (Å²) in [5.41, 5.74) is 8.09. The van der Waals surface area contributed by atoms with E-state index >= 15 is 0 Å². The number of hydrogen-bond donors (Lipinski definition) is 0. The molecule has 2 heteroatoms. The van der Waals surface area contributed by atoms with E-state index in [1.54, 1.807) is 0 Å². The molecule has 0 unspecified atom stereocenters. The van der Waals surface area contributed by atoms with Gasteiger partial charge in [-0.25, -0.2) is 0 Å². The third-order valence-corrected chi connectivity index (χ3v) is 3.57. The van der Waals surface area contributed by atoms with Crippen molar-refractivity contribution in [2.75, 3.05) is 0 Å². The van der Waals surface area contributed by atoms with E-state index in [0.717, 1.165) is 22.3 Å². The maximum absolute atomic E-state index is 9.04. The lowest BCUT2D eigenvalue weighted by molar-refractivity contribution is 1.30. The Balaban J connectivity index is 2.77. The maximum Gasteiger partial charge on any atom is 0.0991 e. The van der Waals surface area contributed by atoms with Crippen LogP contribution in [0.1, 0.15) is 33.4 Å². The van der Waals surface area contributed by atoms with Crippen LogP contribution in [0.15, 0.2) is 24.3 Å². The van der Waals surface area contributed by atoms with Crippen LogP contribution in [0.5, 0.6) is 0 Å². The second kappa shape index (κ2) is 5.19. The summed E-state index contributed by atoms with van der Waals surface area (Å²) < 4.78 is 0. The van der Waals surface area contributed by atoms with E-state index in [2.05, 4.69) is 12.1 Å². The Morgan fingerprint density at radius 1 is 0.600 bits per heavy atom. The molecule has 0 radical (unpaired) electrons. The van der Waals surface area contributed by atoms with Gasteiger partial charge in [0.05, 0.1) is 23.3 Å². The van der Waals surface area contributed by atoms with Crippen molar-refractivity contribution in [2.45, 2.75) is 27.7 Å². The largest absolute Gasteiger partial charge is 0.192 e. The number of benzene rings is 2. The summed E-state index contributed by atoms with van der Waals surface area (Å²) >= 11 is 0. The molecule has 0 aliphatic rings. The van der Waals surface area contributed by atoms with E-state index in [1.165, 1.54) is 11.1 Å². The first kappa shape index (κ1) is 13.8. The van der Waals surface area contributed by atoms with Crippen molar-refractivity contribution >= 4 is 0 Å². The van der Waals surface area contributed by atoms with E-state index in [1.807, 2.05) is 52.0 Å². The van der Waals surface area contributed by atoms with Crippen molar-refractivity contribution < 1.29 is 0 Å². The molecule has 0 heterocycles. The summed E-state index contributed by atoms with van der Waals surface area (Å²) in [6, 6.07) is 12.0. The normalized spacial score (nSPS) is 9.90. The van der Waals surface area contributed by atoms with Crippen molar-refractivity contribution in [2.24, 2.45) is 0 Å². The summed E-state index contributed by atoms with van der Waals surface area (Å²) in [4.78, 5) is 0. The van der Waals surface area contributed by atoms with Crippen LogP contribution < -0.4 is 0 Å². The first-order chi connectivity index (χ1) is 9.47. The minimum atomic E-state index is 0.688.